The molecule has 0 aromatic rings. The fraction of sp³-hybridized carbons (Fsp3) is 1.00. The first kappa shape index (κ1) is 14.3. The predicted molar refractivity (Wildman–Crippen MR) is 78.9 cm³/mol. The molecule has 0 amide bonds. The third kappa shape index (κ3) is 4.55. The first-order valence-electron chi connectivity index (χ1n) is 8.27. The zero-order chi connectivity index (χ0) is 12.8. The molecule has 1 aliphatic heterocycles. The van der Waals surface area contributed by atoms with Crippen molar-refractivity contribution in [2.75, 3.05) is 19.6 Å². The zero-order valence-corrected chi connectivity index (χ0v) is 12.5. The summed E-state index contributed by atoms with van der Waals surface area (Å²) in [5, 5.41) is 3.56. The molecule has 1 saturated carbocycles. The third-order valence-electron chi connectivity index (χ3n) is 4.68. The van der Waals surface area contributed by atoms with Crippen LogP contribution in [0, 0.1) is 5.92 Å². The first-order valence-corrected chi connectivity index (χ1v) is 8.27. The number of rotatable bonds is 8. The average molecular weight is 252 g/mol. The molecule has 1 heterocycles. The van der Waals surface area contributed by atoms with Gasteiger partial charge in [0.15, 0.2) is 0 Å². The summed E-state index contributed by atoms with van der Waals surface area (Å²) in [4.78, 5) is 2.84. The molecule has 2 nitrogen and oxygen atoms in total. The Morgan fingerprint density at radius 2 is 2.06 bits per heavy atom. The van der Waals surface area contributed by atoms with Crippen LogP contribution in [0.1, 0.15) is 65.2 Å². The Hall–Kier alpha value is -0.0800. The van der Waals surface area contributed by atoms with Crippen molar-refractivity contribution in [3.8, 4) is 0 Å². The van der Waals surface area contributed by atoms with Crippen molar-refractivity contribution in [1.29, 1.82) is 0 Å². The van der Waals surface area contributed by atoms with Crippen LogP contribution in [-0.4, -0.2) is 36.6 Å². The van der Waals surface area contributed by atoms with E-state index >= 15 is 0 Å². The highest BCUT2D eigenvalue weighted by Gasteiger charge is 2.33. The summed E-state index contributed by atoms with van der Waals surface area (Å²) in [6.45, 7) is 8.61. The van der Waals surface area contributed by atoms with E-state index in [4.69, 9.17) is 0 Å². The highest BCUT2D eigenvalue weighted by molar-refractivity contribution is 4.89. The van der Waals surface area contributed by atoms with Crippen molar-refractivity contribution in [1.82, 2.24) is 10.2 Å². The number of nitrogens with zero attached hydrogens (tertiary/aromatic N) is 1. The van der Waals surface area contributed by atoms with Crippen LogP contribution in [0.2, 0.25) is 0 Å². The lowest BCUT2D eigenvalue weighted by Crippen LogP contribution is -2.43. The Bertz CT molecular complexity index is 219. The Kier molecular flexibility index (Phi) is 5.97. The summed E-state index contributed by atoms with van der Waals surface area (Å²) in [5.74, 6) is 0.910. The normalized spacial score (nSPS) is 26.5. The molecule has 1 saturated heterocycles. The van der Waals surface area contributed by atoms with Crippen LogP contribution in [-0.2, 0) is 0 Å². The van der Waals surface area contributed by atoms with Gasteiger partial charge in [-0.1, -0.05) is 26.2 Å². The topological polar surface area (TPSA) is 15.3 Å². The Labute approximate surface area is 114 Å². The van der Waals surface area contributed by atoms with Gasteiger partial charge in [-0.15, -0.1) is 0 Å². The molecule has 2 heteroatoms. The molecule has 2 aliphatic rings. The molecule has 2 unspecified atom stereocenters. The first-order chi connectivity index (χ1) is 8.81. The van der Waals surface area contributed by atoms with Gasteiger partial charge in [0.05, 0.1) is 0 Å². The average Bonchev–Trinajstić information content (AvgIpc) is 3.21. The zero-order valence-electron chi connectivity index (χ0n) is 12.5. The summed E-state index contributed by atoms with van der Waals surface area (Å²) in [6, 6.07) is 1.74. The van der Waals surface area contributed by atoms with Gasteiger partial charge in [0.2, 0.25) is 0 Å². The standard InChI is InChI=1S/C16H32N2/c1-3-4-5-7-14(2)18(16-9-10-16)13-15-8-6-11-17-12-15/h14-17H,3-13H2,1-2H3. The number of unbranched alkanes of at least 4 members (excludes halogenated alkanes) is 2. The van der Waals surface area contributed by atoms with Gasteiger partial charge in [-0.2, -0.15) is 0 Å². The van der Waals surface area contributed by atoms with Crippen molar-refractivity contribution < 1.29 is 0 Å². The Morgan fingerprint density at radius 1 is 1.22 bits per heavy atom. The molecule has 0 bridgehead atoms. The molecular formula is C16H32N2. The van der Waals surface area contributed by atoms with E-state index in [2.05, 4.69) is 24.1 Å². The monoisotopic (exact) mass is 252 g/mol. The van der Waals surface area contributed by atoms with Crippen LogP contribution in [0.5, 0.6) is 0 Å². The molecule has 2 rings (SSSR count). The molecule has 0 aromatic carbocycles. The number of hydrogen-bond acceptors (Lipinski definition) is 2. The molecule has 2 atom stereocenters. The van der Waals surface area contributed by atoms with Gasteiger partial charge in [0.1, 0.15) is 0 Å². The molecule has 0 aromatic heterocycles. The van der Waals surface area contributed by atoms with Gasteiger partial charge in [0.25, 0.3) is 0 Å². The van der Waals surface area contributed by atoms with Gasteiger partial charge in [0, 0.05) is 18.6 Å². The van der Waals surface area contributed by atoms with Crippen molar-refractivity contribution in [3.05, 3.63) is 0 Å². The number of piperidine rings is 1. The van der Waals surface area contributed by atoms with Gasteiger partial charge in [-0.25, -0.2) is 0 Å². The minimum absolute atomic E-state index is 0.811. The van der Waals surface area contributed by atoms with E-state index in [-0.39, 0.29) is 0 Å². The molecule has 106 valence electrons. The second-order valence-corrected chi connectivity index (χ2v) is 6.49. The molecule has 1 aliphatic carbocycles. The van der Waals surface area contributed by atoms with E-state index in [9.17, 15) is 0 Å². The quantitative estimate of drug-likeness (QED) is 0.666. The van der Waals surface area contributed by atoms with Crippen molar-refractivity contribution in [3.63, 3.8) is 0 Å². The Morgan fingerprint density at radius 3 is 2.67 bits per heavy atom. The maximum atomic E-state index is 3.56. The number of hydrogen-bond donors (Lipinski definition) is 1. The maximum absolute atomic E-state index is 3.56. The van der Waals surface area contributed by atoms with Crippen LogP contribution in [0.25, 0.3) is 0 Å². The van der Waals surface area contributed by atoms with Crippen LogP contribution in [0.3, 0.4) is 0 Å². The van der Waals surface area contributed by atoms with Crippen molar-refractivity contribution in [2.24, 2.45) is 5.92 Å². The SMILES string of the molecule is CCCCCC(C)N(CC1CCCNC1)C1CC1. The largest absolute Gasteiger partial charge is 0.316 e. The molecule has 18 heavy (non-hydrogen) atoms. The summed E-state index contributed by atoms with van der Waals surface area (Å²) in [6.07, 6.45) is 11.3. The van der Waals surface area contributed by atoms with E-state index in [0.29, 0.717) is 0 Å². The van der Waals surface area contributed by atoms with E-state index in [1.54, 1.807) is 0 Å². The van der Waals surface area contributed by atoms with Gasteiger partial charge >= 0.3 is 0 Å². The van der Waals surface area contributed by atoms with Crippen LogP contribution in [0.4, 0.5) is 0 Å². The molecule has 0 radical (unpaired) electrons. The van der Waals surface area contributed by atoms with E-state index in [1.165, 1.54) is 71.0 Å². The molecule has 1 N–H and O–H groups in total. The fourth-order valence-electron chi connectivity index (χ4n) is 3.33. The molecule has 0 spiro atoms. The van der Waals surface area contributed by atoms with E-state index in [0.717, 1.165) is 18.0 Å². The lowest BCUT2D eigenvalue weighted by molar-refractivity contribution is 0.145. The van der Waals surface area contributed by atoms with E-state index in [1.807, 2.05) is 0 Å². The highest BCUT2D eigenvalue weighted by atomic mass is 15.2. The van der Waals surface area contributed by atoms with Crippen LogP contribution >= 0.6 is 0 Å². The summed E-state index contributed by atoms with van der Waals surface area (Å²) in [5.41, 5.74) is 0. The second-order valence-electron chi connectivity index (χ2n) is 6.49. The highest BCUT2D eigenvalue weighted by Crippen LogP contribution is 2.31. The number of nitrogens with one attached hydrogen (secondary N) is 1. The van der Waals surface area contributed by atoms with Gasteiger partial charge < -0.3 is 5.32 Å². The minimum atomic E-state index is 0.811. The van der Waals surface area contributed by atoms with Crippen molar-refractivity contribution in [2.45, 2.75) is 77.3 Å². The third-order valence-corrected chi connectivity index (χ3v) is 4.68. The van der Waals surface area contributed by atoms with Gasteiger partial charge in [-0.05, 0) is 58.0 Å². The predicted octanol–water partition coefficient (Wildman–Crippen LogP) is 3.42. The lowest BCUT2D eigenvalue weighted by Gasteiger charge is -2.34. The van der Waals surface area contributed by atoms with Gasteiger partial charge in [-0.3, -0.25) is 4.90 Å². The van der Waals surface area contributed by atoms with Crippen LogP contribution in [0.15, 0.2) is 0 Å². The minimum Gasteiger partial charge on any atom is -0.316 e. The summed E-state index contributed by atoms with van der Waals surface area (Å²) in [7, 11) is 0. The van der Waals surface area contributed by atoms with E-state index < -0.39 is 0 Å². The smallest absolute Gasteiger partial charge is 0.00993 e. The van der Waals surface area contributed by atoms with Crippen LogP contribution < -0.4 is 5.32 Å². The lowest BCUT2D eigenvalue weighted by atomic mass is 9.97. The molecular weight excluding hydrogens is 220 g/mol. The fourth-order valence-corrected chi connectivity index (χ4v) is 3.33. The maximum Gasteiger partial charge on any atom is 0.00993 e. The second kappa shape index (κ2) is 7.49. The molecule has 2 fully saturated rings. The summed E-state index contributed by atoms with van der Waals surface area (Å²) >= 11 is 0. The van der Waals surface area contributed by atoms with Crippen molar-refractivity contribution >= 4 is 0 Å². The Balaban J connectivity index is 1.75. The summed E-state index contributed by atoms with van der Waals surface area (Å²) < 4.78 is 0.